The molecule has 0 amide bonds. The molecule has 0 aliphatic carbocycles. The molecule has 0 aliphatic heterocycles. The first-order valence-corrected chi connectivity index (χ1v) is 5.24. The zero-order chi connectivity index (χ0) is 11.3. The van der Waals surface area contributed by atoms with E-state index < -0.39 is 0 Å². The van der Waals surface area contributed by atoms with Crippen molar-refractivity contribution >= 4 is 5.76 Å². The van der Waals surface area contributed by atoms with Gasteiger partial charge in [0.05, 0.1) is 12.3 Å². The summed E-state index contributed by atoms with van der Waals surface area (Å²) >= 11 is 0. The Morgan fingerprint density at radius 3 is 2.93 bits per heavy atom. The van der Waals surface area contributed by atoms with Gasteiger partial charge in [0.2, 0.25) is 0 Å². The lowest BCUT2D eigenvalue weighted by molar-refractivity contribution is 0.297. The maximum absolute atomic E-state index is 5.31. The second kappa shape index (κ2) is 5.56. The highest BCUT2D eigenvalue weighted by Crippen LogP contribution is 2.13. The number of nitrogens with one attached hydrogen (secondary N) is 1. The van der Waals surface area contributed by atoms with Crippen LogP contribution in [0.15, 0.2) is 12.6 Å². The molecule has 0 atom stereocenters. The average Bonchev–Trinajstić information content (AvgIpc) is 2.57. The van der Waals surface area contributed by atoms with Crippen LogP contribution in [0, 0.1) is 0 Å². The van der Waals surface area contributed by atoms with Gasteiger partial charge in [-0.15, -0.1) is 0 Å². The lowest BCUT2D eigenvalue weighted by Gasteiger charge is -2.01. The molecule has 0 spiro atoms. The maximum Gasteiger partial charge on any atom is 0.139 e. The first kappa shape index (κ1) is 11.8. The lowest BCUT2D eigenvalue weighted by atomic mass is 10.3. The van der Waals surface area contributed by atoms with Crippen molar-refractivity contribution in [3.63, 3.8) is 0 Å². The zero-order valence-corrected chi connectivity index (χ0v) is 9.71. The summed E-state index contributed by atoms with van der Waals surface area (Å²) in [6.45, 7) is 10.2. The van der Waals surface area contributed by atoms with Gasteiger partial charge in [-0.3, -0.25) is 4.68 Å². The molecule has 0 unspecified atom stereocenters. The third-order valence-electron chi connectivity index (χ3n) is 2.14. The number of aromatic nitrogens is 2. The number of hydrogen-bond acceptors (Lipinski definition) is 3. The van der Waals surface area contributed by atoms with Crippen LogP contribution in [-0.2, 0) is 18.3 Å². The minimum Gasteiger partial charge on any atom is -0.492 e. The molecule has 4 heteroatoms. The predicted octanol–water partition coefficient (Wildman–Crippen LogP) is 1.54. The van der Waals surface area contributed by atoms with Crippen LogP contribution in [0.25, 0.3) is 5.76 Å². The fourth-order valence-electron chi connectivity index (χ4n) is 1.31. The summed E-state index contributed by atoms with van der Waals surface area (Å²) in [7, 11) is 1.93. The molecular weight excluding hydrogens is 190 g/mol. The molecule has 0 saturated heterocycles. The number of nitrogens with zero attached hydrogens (tertiary/aromatic N) is 2. The number of aryl methyl sites for hydroxylation is 1. The van der Waals surface area contributed by atoms with E-state index in [2.05, 4.69) is 23.9 Å². The van der Waals surface area contributed by atoms with Crippen molar-refractivity contribution in [2.75, 3.05) is 13.2 Å². The number of hydrogen-bond donors (Lipinski definition) is 1. The van der Waals surface area contributed by atoms with E-state index in [1.807, 2.05) is 24.7 Å². The molecule has 0 bridgehead atoms. The van der Waals surface area contributed by atoms with Crippen LogP contribution in [0.1, 0.15) is 25.2 Å². The fourth-order valence-corrected chi connectivity index (χ4v) is 1.31. The third kappa shape index (κ3) is 3.09. The molecule has 1 aromatic rings. The topological polar surface area (TPSA) is 39.1 Å². The summed E-state index contributed by atoms with van der Waals surface area (Å²) in [6.07, 6.45) is 0. The Bertz CT molecular complexity index is 331. The van der Waals surface area contributed by atoms with Gasteiger partial charge in [0.1, 0.15) is 11.5 Å². The number of rotatable bonds is 6. The van der Waals surface area contributed by atoms with Crippen molar-refractivity contribution in [2.24, 2.45) is 7.05 Å². The van der Waals surface area contributed by atoms with Gasteiger partial charge in [-0.2, -0.15) is 5.10 Å². The van der Waals surface area contributed by atoms with E-state index in [0.717, 1.165) is 24.5 Å². The van der Waals surface area contributed by atoms with Gasteiger partial charge >= 0.3 is 0 Å². The molecule has 0 radical (unpaired) electrons. The van der Waals surface area contributed by atoms with E-state index in [0.29, 0.717) is 12.4 Å². The highest BCUT2D eigenvalue weighted by molar-refractivity contribution is 5.53. The second-order valence-corrected chi connectivity index (χ2v) is 3.28. The smallest absolute Gasteiger partial charge is 0.139 e. The van der Waals surface area contributed by atoms with Gasteiger partial charge in [0.15, 0.2) is 0 Å². The first-order valence-electron chi connectivity index (χ1n) is 5.24. The molecule has 1 rings (SSSR count). The largest absolute Gasteiger partial charge is 0.492 e. The Balaban J connectivity index is 2.71. The summed E-state index contributed by atoms with van der Waals surface area (Å²) in [6, 6.07) is 2.00. The maximum atomic E-state index is 5.31. The van der Waals surface area contributed by atoms with Gasteiger partial charge in [-0.25, -0.2) is 0 Å². The van der Waals surface area contributed by atoms with Crippen LogP contribution >= 0.6 is 0 Å². The summed E-state index contributed by atoms with van der Waals surface area (Å²) < 4.78 is 7.16. The lowest BCUT2D eigenvalue weighted by Crippen LogP contribution is -2.14. The van der Waals surface area contributed by atoms with Gasteiger partial charge in [0.25, 0.3) is 0 Å². The van der Waals surface area contributed by atoms with Crippen LogP contribution in [0.5, 0.6) is 0 Å². The van der Waals surface area contributed by atoms with Crippen molar-refractivity contribution in [3.8, 4) is 0 Å². The van der Waals surface area contributed by atoms with Crippen LogP contribution in [0.3, 0.4) is 0 Å². The van der Waals surface area contributed by atoms with Crippen LogP contribution in [0.4, 0.5) is 0 Å². The Hall–Kier alpha value is -1.29. The molecule has 15 heavy (non-hydrogen) atoms. The highest BCUT2D eigenvalue weighted by atomic mass is 16.5. The van der Waals surface area contributed by atoms with E-state index in [1.165, 1.54) is 0 Å². The molecule has 1 aromatic heterocycles. The number of ether oxygens (including phenoxy) is 1. The Labute approximate surface area is 90.9 Å². The van der Waals surface area contributed by atoms with Gasteiger partial charge in [-0.1, -0.05) is 13.5 Å². The zero-order valence-electron chi connectivity index (χ0n) is 9.71. The van der Waals surface area contributed by atoms with Crippen LogP contribution < -0.4 is 5.32 Å². The van der Waals surface area contributed by atoms with Gasteiger partial charge < -0.3 is 10.1 Å². The van der Waals surface area contributed by atoms with E-state index in [9.17, 15) is 0 Å². The van der Waals surface area contributed by atoms with Crippen molar-refractivity contribution in [3.05, 3.63) is 24.0 Å². The quantitative estimate of drug-likeness (QED) is 0.722. The van der Waals surface area contributed by atoms with Crippen molar-refractivity contribution in [2.45, 2.75) is 20.4 Å². The normalized spacial score (nSPS) is 10.3. The third-order valence-corrected chi connectivity index (χ3v) is 2.14. The SMILES string of the molecule is C=C(OCC)c1cc(CNCC)n(C)n1. The standard InChI is InChI=1S/C11H19N3O/c1-5-12-8-10-7-11(13-14(10)4)9(3)15-6-2/h7,12H,3,5-6,8H2,1-2,4H3. The predicted molar refractivity (Wildman–Crippen MR) is 61.2 cm³/mol. The summed E-state index contributed by atoms with van der Waals surface area (Å²) in [5, 5.41) is 7.59. The van der Waals surface area contributed by atoms with Crippen molar-refractivity contribution in [1.29, 1.82) is 0 Å². The van der Waals surface area contributed by atoms with Gasteiger partial charge in [-0.05, 0) is 19.5 Å². The van der Waals surface area contributed by atoms with E-state index in [1.54, 1.807) is 0 Å². The first-order chi connectivity index (χ1) is 7.19. The Morgan fingerprint density at radius 2 is 2.33 bits per heavy atom. The molecule has 4 nitrogen and oxygen atoms in total. The molecule has 84 valence electrons. The molecule has 0 aromatic carbocycles. The van der Waals surface area contributed by atoms with E-state index in [4.69, 9.17) is 4.74 Å². The Kier molecular flexibility index (Phi) is 4.37. The van der Waals surface area contributed by atoms with E-state index in [-0.39, 0.29) is 0 Å². The Morgan fingerprint density at radius 1 is 1.60 bits per heavy atom. The van der Waals surface area contributed by atoms with Crippen molar-refractivity contribution in [1.82, 2.24) is 15.1 Å². The second-order valence-electron chi connectivity index (χ2n) is 3.28. The minimum atomic E-state index is 0.623. The fraction of sp³-hybridized carbons (Fsp3) is 0.545. The highest BCUT2D eigenvalue weighted by Gasteiger charge is 2.07. The molecular formula is C11H19N3O. The van der Waals surface area contributed by atoms with E-state index >= 15 is 0 Å². The van der Waals surface area contributed by atoms with Crippen LogP contribution in [0.2, 0.25) is 0 Å². The average molecular weight is 209 g/mol. The minimum absolute atomic E-state index is 0.623. The molecule has 1 heterocycles. The summed E-state index contributed by atoms with van der Waals surface area (Å²) in [5.74, 6) is 0.635. The monoisotopic (exact) mass is 209 g/mol. The van der Waals surface area contributed by atoms with Crippen LogP contribution in [-0.4, -0.2) is 22.9 Å². The van der Waals surface area contributed by atoms with Gasteiger partial charge in [0, 0.05) is 13.6 Å². The molecule has 0 saturated carbocycles. The van der Waals surface area contributed by atoms with Crippen molar-refractivity contribution < 1.29 is 4.74 Å². The molecule has 0 aliphatic rings. The summed E-state index contributed by atoms with van der Waals surface area (Å²) in [5.41, 5.74) is 1.94. The molecule has 1 N–H and O–H groups in total. The summed E-state index contributed by atoms with van der Waals surface area (Å²) in [4.78, 5) is 0. The molecule has 0 fully saturated rings.